The maximum Gasteiger partial charge on any atom is 0.164 e. The zero-order chi connectivity index (χ0) is 34.9. The quantitative estimate of drug-likeness (QED) is 0.174. The number of furan rings is 1. The average molecular weight is 676 g/mol. The van der Waals surface area contributed by atoms with Gasteiger partial charge in [-0.15, -0.1) is 0 Å². The fourth-order valence-electron chi connectivity index (χ4n) is 7.96. The Hall–Kier alpha value is -7.17. The maximum absolute atomic E-state index is 6.24. The van der Waals surface area contributed by atoms with Crippen molar-refractivity contribution in [3.05, 3.63) is 176 Å². The predicted molar refractivity (Wildman–Crippen MR) is 219 cm³/mol. The van der Waals surface area contributed by atoms with E-state index < -0.39 is 0 Å². The van der Waals surface area contributed by atoms with Gasteiger partial charge in [0, 0.05) is 27.5 Å². The van der Waals surface area contributed by atoms with E-state index in [9.17, 15) is 0 Å². The Kier molecular flexibility index (Phi) is 6.52. The Labute approximate surface area is 304 Å². The molecule has 0 N–H and O–H groups in total. The first-order chi connectivity index (χ1) is 26.2. The number of hydrogen-bond donors (Lipinski definition) is 0. The summed E-state index contributed by atoms with van der Waals surface area (Å²) in [5.41, 5.74) is 7.03. The summed E-state index contributed by atoms with van der Waals surface area (Å²) in [6.07, 6.45) is 0. The molecule has 0 unspecified atom stereocenters. The van der Waals surface area contributed by atoms with Crippen molar-refractivity contribution in [2.75, 3.05) is 0 Å². The van der Waals surface area contributed by atoms with E-state index >= 15 is 0 Å². The van der Waals surface area contributed by atoms with E-state index in [0.29, 0.717) is 17.5 Å². The molecule has 4 nitrogen and oxygen atoms in total. The number of aromatic nitrogens is 3. The van der Waals surface area contributed by atoms with E-state index in [0.717, 1.165) is 60.5 Å². The van der Waals surface area contributed by atoms with Crippen LogP contribution in [-0.4, -0.2) is 15.0 Å². The van der Waals surface area contributed by atoms with E-state index in [4.69, 9.17) is 19.4 Å². The van der Waals surface area contributed by atoms with Gasteiger partial charge in [0.2, 0.25) is 0 Å². The van der Waals surface area contributed by atoms with Crippen molar-refractivity contribution in [2.45, 2.75) is 0 Å². The highest BCUT2D eigenvalue weighted by Crippen LogP contribution is 2.40. The number of benzene rings is 9. The first kappa shape index (κ1) is 29.5. The molecule has 9 aromatic carbocycles. The lowest BCUT2D eigenvalue weighted by molar-refractivity contribution is 0.669. The van der Waals surface area contributed by atoms with Crippen molar-refractivity contribution in [1.29, 1.82) is 0 Å². The van der Waals surface area contributed by atoms with Crippen LogP contribution in [0.25, 0.3) is 110 Å². The highest BCUT2D eigenvalue weighted by molar-refractivity contribution is 6.24. The molecule has 11 rings (SSSR count). The summed E-state index contributed by atoms with van der Waals surface area (Å²) < 4.78 is 6.24. The summed E-state index contributed by atoms with van der Waals surface area (Å²) in [4.78, 5) is 15.0. The Bertz CT molecular complexity index is 3160. The molecule has 0 radical (unpaired) electrons. The van der Waals surface area contributed by atoms with Gasteiger partial charge in [0.25, 0.3) is 0 Å². The molecule has 0 aliphatic carbocycles. The Balaban J connectivity index is 1.08. The summed E-state index contributed by atoms with van der Waals surface area (Å²) in [5.74, 6) is 1.95. The van der Waals surface area contributed by atoms with Gasteiger partial charge >= 0.3 is 0 Å². The normalized spacial score (nSPS) is 11.8. The van der Waals surface area contributed by atoms with Crippen molar-refractivity contribution < 1.29 is 4.42 Å². The molecule has 0 spiro atoms. The molecule has 0 aliphatic rings. The third kappa shape index (κ3) is 4.80. The predicted octanol–water partition coefficient (Wildman–Crippen LogP) is 13.1. The SMILES string of the molecule is c1ccc(-c2nc(-c3ccccc3)nc(-c3cccc4c(-c5ccc6c(ccc7ccc8cc9oc%10ccccc%10c9cc8c76)c5)cccc34)n2)cc1. The molecule has 11 aromatic rings. The van der Waals surface area contributed by atoms with Gasteiger partial charge in [-0.2, -0.15) is 0 Å². The molecule has 0 amide bonds. The lowest BCUT2D eigenvalue weighted by atomic mass is 9.91. The molecule has 0 atom stereocenters. The van der Waals surface area contributed by atoms with Crippen LogP contribution in [0.3, 0.4) is 0 Å². The zero-order valence-electron chi connectivity index (χ0n) is 28.5. The maximum atomic E-state index is 6.24. The number of nitrogens with zero attached hydrogens (tertiary/aromatic N) is 3. The second kappa shape index (κ2) is 11.7. The fourth-order valence-corrected chi connectivity index (χ4v) is 7.96. The van der Waals surface area contributed by atoms with Gasteiger partial charge in [0.1, 0.15) is 11.2 Å². The van der Waals surface area contributed by atoms with E-state index in [1.54, 1.807) is 0 Å². The highest BCUT2D eigenvalue weighted by Gasteiger charge is 2.17. The lowest BCUT2D eigenvalue weighted by Crippen LogP contribution is -2.00. The van der Waals surface area contributed by atoms with E-state index in [2.05, 4.69) is 103 Å². The van der Waals surface area contributed by atoms with Gasteiger partial charge in [0.05, 0.1) is 0 Å². The Morgan fingerprint density at radius 3 is 1.62 bits per heavy atom. The van der Waals surface area contributed by atoms with Crippen molar-refractivity contribution >= 4 is 65.0 Å². The van der Waals surface area contributed by atoms with Crippen molar-refractivity contribution in [2.24, 2.45) is 0 Å². The third-order valence-electron chi connectivity index (χ3n) is 10.5. The minimum Gasteiger partial charge on any atom is -0.456 e. The van der Waals surface area contributed by atoms with Crippen LogP contribution in [0.2, 0.25) is 0 Å². The van der Waals surface area contributed by atoms with Crippen molar-refractivity contribution in [1.82, 2.24) is 15.0 Å². The van der Waals surface area contributed by atoms with Crippen LogP contribution >= 0.6 is 0 Å². The minimum absolute atomic E-state index is 0.650. The van der Waals surface area contributed by atoms with Crippen LogP contribution in [0.15, 0.2) is 180 Å². The van der Waals surface area contributed by atoms with Crippen LogP contribution < -0.4 is 0 Å². The second-order valence-electron chi connectivity index (χ2n) is 13.6. The number of rotatable bonds is 4. The van der Waals surface area contributed by atoms with Crippen LogP contribution in [0, 0.1) is 0 Å². The summed E-state index contributed by atoms with van der Waals surface area (Å²) in [7, 11) is 0. The van der Waals surface area contributed by atoms with Crippen molar-refractivity contribution in [3.8, 4) is 45.3 Å². The van der Waals surface area contributed by atoms with E-state index in [1.807, 2.05) is 72.8 Å². The summed E-state index contributed by atoms with van der Waals surface area (Å²) in [6.45, 7) is 0. The first-order valence-corrected chi connectivity index (χ1v) is 17.9. The molecular formula is C49H29N3O. The molecule has 0 saturated heterocycles. The molecule has 246 valence electrons. The molecule has 0 saturated carbocycles. The highest BCUT2D eigenvalue weighted by atomic mass is 16.3. The number of hydrogen-bond acceptors (Lipinski definition) is 4. The van der Waals surface area contributed by atoms with Gasteiger partial charge in [0.15, 0.2) is 17.5 Å². The van der Waals surface area contributed by atoms with Crippen LogP contribution in [-0.2, 0) is 0 Å². The molecule has 4 heteroatoms. The van der Waals surface area contributed by atoms with Crippen molar-refractivity contribution in [3.63, 3.8) is 0 Å². The number of fused-ring (bicyclic) bond motifs is 9. The Morgan fingerprint density at radius 2 is 0.887 bits per heavy atom. The smallest absolute Gasteiger partial charge is 0.164 e. The standard InChI is InChI=1S/C49H29N3O/c1-3-11-31(12-4-1)47-50-48(32-13-5-2-6-14-32)52-49(51-47)41-19-10-17-38-36(16-9-18-39(38)41)33-25-26-37-34(27-33)23-21-30-22-24-35-28-45-43(29-42(35)46(30)37)40-15-7-8-20-44(40)53-45/h1-29H. The summed E-state index contributed by atoms with van der Waals surface area (Å²) >= 11 is 0. The topological polar surface area (TPSA) is 51.8 Å². The molecule has 0 aliphatic heterocycles. The third-order valence-corrected chi connectivity index (χ3v) is 10.5. The van der Waals surface area contributed by atoms with Crippen LogP contribution in [0.5, 0.6) is 0 Å². The number of para-hydroxylation sites is 1. The largest absolute Gasteiger partial charge is 0.456 e. The van der Waals surface area contributed by atoms with Gasteiger partial charge in [-0.25, -0.2) is 15.0 Å². The molecule has 2 aromatic heterocycles. The van der Waals surface area contributed by atoms with E-state index in [1.165, 1.54) is 32.3 Å². The zero-order valence-corrected chi connectivity index (χ0v) is 28.5. The van der Waals surface area contributed by atoms with Crippen LogP contribution in [0.4, 0.5) is 0 Å². The second-order valence-corrected chi connectivity index (χ2v) is 13.6. The lowest BCUT2D eigenvalue weighted by Gasteiger charge is -2.14. The molecule has 0 bridgehead atoms. The summed E-state index contributed by atoms with van der Waals surface area (Å²) in [5, 5.41) is 11.8. The molecule has 53 heavy (non-hydrogen) atoms. The molecule has 0 fully saturated rings. The summed E-state index contributed by atoms with van der Waals surface area (Å²) in [6, 6.07) is 61.7. The minimum atomic E-state index is 0.650. The van der Waals surface area contributed by atoms with E-state index in [-0.39, 0.29) is 0 Å². The van der Waals surface area contributed by atoms with Gasteiger partial charge in [-0.3, -0.25) is 0 Å². The van der Waals surface area contributed by atoms with Gasteiger partial charge in [-0.1, -0.05) is 152 Å². The van der Waals surface area contributed by atoms with Gasteiger partial charge < -0.3 is 4.42 Å². The fraction of sp³-hybridized carbons (Fsp3) is 0. The Morgan fingerprint density at radius 1 is 0.302 bits per heavy atom. The van der Waals surface area contributed by atoms with Gasteiger partial charge in [-0.05, 0) is 78.5 Å². The molecular weight excluding hydrogens is 647 g/mol. The monoisotopic (exact) mass is 675 g/mol. The van der Waals surface area contributed by atoms with Crippen LogP contribution in [0.1, 0.15) is 0 Å². The first-order valence-electron chi connectivity index (χ1n) is 17.9. The molecule has 2 heterocycles. The average Bonchev–Trinajstić information content (AvgIpc) is 3.60.